The van der Waals surface area contributed by atoms with Crippen molar-refractivity contribution in [1.29, 1.82) is 0 Å². The Balaban J connectivity index is 1.37. The lowest BCUT2D eigenvalue weighted by molar-refractivity contribution is -0.143. The Morgan fingerprint density at radius 2 is 1.91 bits per heavy atom. The smallest absolute Gasteiger partial charge is 0.260 e. The average molecular weight is 457 g/mol. The normalized spacial score (nSPS) is 32.6. The lowest BCUT2D eigenvalue weighted by Gasteiger charge is -2.42. The fraction of sp³-hybridized carbons (Fsp3) is 0.692. The third kappa shape index (κ3) is 4.90. The van der Waals surface area contributed by atoms with Crippen molar-refractivity contribution in [3.8, 4) is 5.75 Å². The largest absolute Gasteiger partial charge is 0.483 e. The highest BCUT2D eigenvalue weighted by Crippen LogP contribution is 2.40. The predicted octanol–water partition coefficient (Wildman–Crippen LogP) is 3.09. The van der Waals surface area contributed by atoms with E-state index in [9.17, 15) is 9.59 Å². The molecule has 2 saturated heterocycles. The van der Waals surface area contributed by atoms with Gasteiger partial charge in [-0.3, -0.25) is 9.59 Å². The van der Waals surface area contributed by atoms with Gasteiger partial charge in [-0.2, -0.15) is 0 Å². The van der Waals surface area contributed by atoms with Gasteiger partial charge in [0.2, 0.25) is 5.91 Å². The number of carbonyl (C=O) groups excluding carboxylic acids is 2. The van der Waals surface area contributed by atoms with Crippen LogP contribution in [0.1, 0.15) is 68.4 Å². The second-order valence-electron chi connectivity index (χ2n) is 10.00. The van der Waals surface area contributed by atoms with E-state index in [1.165, 1.54) is 11.1 Å². The topological polar surface area (TPSA) is 77.1 Å². The lowest BCUT2D eigenvalue weighted by atomic mass is 9.80. The van der Waals surface area contributed by atoms with Gasteiger partial charge in [-0.25, -0.2) is 0 Å². The third-order valence-electron chi connectivity index (χ3n) is 7.87. The molecular weight excluding hydrogens is 420 g/mol. The van der Waals surface area contributed by atoms with E-state index < -0.39 is 0 Å². The molecule has 1 aliphatic carbocycles. The number of hydrogen-bond donors (Lipinski definition) is 1. The maximum absolute atomic E-state index is 13.3. The molecule has 1 N–H and O–H groups in total. The van der Waals surface area contributed by atoms with Crippen LogP contribution in [0.15, 0.2) is 18.2 Å². The number of rotatable bonds is 2. The summed E-state index contributed by atoms with van der Waals surface area (Å²) in [6.45, 7) is 3.89. The molecule has 4 aliphatic heterocycles. The number of aryl methyl sites for hydroxylation is 1. The van der Waals surface area contributed by atoms with Gasteiger partial charge < -0.3 is 24.4 Å². The summed E-state index contributed by atoms with van der Waals surface area (Å²) >= 11 is 0. The number of nitrogens with zero attached hydrogens (tertiary/aromatic N) is 1. The molecule has 1 saturated carbocycles. The van der Waals surface area contributed by atoms with Crippen molar-refractivity contribution >= 4 is 11.8 Å². The molecule has 1 aromatic carbocycles. The molecule has 0 unspecified atom stereocenters. The highest BCUT2D eigenvalue weighted by atomic mass is 16.5. The number of amides is 2. The zero-order chi connectivity index (χ0) is 22.8. The first-order chi connectivity index (χ1) is 16.1. The molecular formula is C26H36N2O5. The van der Waals surface area contributed by atoms with Crippen molar-refractivity contribution in [2.24, 2.45) is 0 Å². The van der Waals surface area contributed by atoms with Crippen LogP contribution < -0.4 is 10.1 Å². The second-order valence-corrected chi connectivity index (χ2v) is 10.00. The van der Waals surface area contributed by atoms with Gasteiger partial charge in [0, 0.05) is 18.7 Å². The highest BCUT2D eigenvalue weighted by molar-refractivity contribution is 5.82. The molecule has 2 bridgehead atoms. The van der Waals surface area contributed by atoms with Crippen LogP contribution in [0, 0.1) is 6.92 Å². The van der Waals surface area contributed by atoms with Crippen LogP contribution in [0.3, 0.4) is 0 Å². The molecule has 5 aliphatic rings. The molecule has 4 heterocycles. The SMILES string of the molecule is Cc1cccc2c1C1CCC(CC1)OC[C@H]1[C@@H](NC(=O)[C@@H]3CCCO3)CCCN1C(=O)CO2. The van der Waals surface area contributed by atoms with Crippen molar-refractivity contribution in [3.05, 3.63) is 29.3 Å². The molecule has 1 aromatic rings. The molecule has 0 radical (unpaired) electrons. The fourth-order valence-electron chi connectivity index (χ4n) is 6.08. The van der Waals surface area contributed by atoms with Crippen LogP contribution in [0.4, 0.5) is 0 Å². The summed E-state index contributed by atoms with van der Waals surface area (Å²) in [4.78, 5) is 28.0. The van der Waals surface area contributed by atoms with Crippen LogP contribution in [0.25, 0.3) is 0 Å². The first-order valence-corrected chi connectivity index (χ1v) is 12.7. The van der Waals surface area contributed by atoms with Crippen LogP contribution in [0.2, 0.25) is 0 Å². The van der Waals surface area contributed by atoms with E-state index >= 15 is 0 Å². The summed E-state index contributed by atoms with van der Waals surface area (Å²) in [6.07, 6.45) is 7.33. The standard InChI is InChI=1S/C26H36N2O5/c1-17-5-2-7-22-25(17)18-9-11-19(12-10-18)32-15-21-20(27-26(30)23-8-4-14-31-23)6-3-13-28(21)24(29)16-33-22/h2,5,7,18-21,23H,3-4,6,8-16H2,1H3,(H,27,30)/t18?,19?,20-,21-,23-/m0/s1. The van der Waals surface area contributed by atoms with Crippen LogP contribution in [0.5, 0.6) is 5.75 Å². The number of hydrogen-bond acceptors (Lipinski definition) is 5. The summed E-state index contributed by atoms with van der Waals surface area (Å²) in [5, 5.41) is 3.19. The number of piperidine rings is 1. The number of nitrogens with one attached hydrogen (secondary N) is 1. The van der Waals surface area contributed by atoms with E-state index in [0.29, 0.717) is 25.7 Å². The van der Waals surface area contributed by atoms with Gasteiger partial charge in [-0.15, -0.1) is 0 Å². The van der Waals surface area contributed by atoms with E-state index in [2.05, 4.69) is 18.3 Å². The summed E-state index contributed by atoms with van der Waals surface area (Å²) in [5.41, 5.74) is 2.48. The summed E-state index contributed by atoms with van der Waals surface area (Å²) in [7, 11) is 0. The predicted molar refractivity (Wildman–Crippen MR) is 123 cm³/mol. The molecule has 7 nitrogen and oxygen atoms in total. The van der Waals surface area contributed by atoms with E-state index in [0.717, 1.165) is 57.1 Å². The van der Waals surface area contributed by atoms with Gasteiger partial charge in [0.05, 0.1) is 24.8 Å². The molecule has 0 spiro atoms. The van der Waals surface area contributed by atoms with Gasteiger partial charge in [0.25, 0.3) is 5.91 Å². The Morgan fingerprint density at radius 1 is 1.06 bits per heavy atom. The third-order valence-corrected chi connectivity index (χ3v) is 7.87. The van der Waals surface area contributed by atoms with Crippen LogP contribution in [-0.2, 0) is 19.1 Å². The van der Waals surface area contributed by atoms with E-state index in [-0.39, 0.29) is 42.7 Å². The van der Waals surface area contributed by atoms with E-state index in [4.69, 9.17) is 14.2 Å². The van der Waals surface area contributed by atoms with Crippen molar-refractivity contribution < 1.29 is 23.8 Å². The minimum absolute atomic E-state index is 0.00943. The van der Waals surface area contributed by atoms with Gasteiger partial charge in [0.1, 0.15) is 11.9 Å². The molecule has 0 aromatic heterocycles. The zero-order valence-corrected chi connectivity index (χ0v) is 19.6. The van der Waals surface area contributed by atoms with Gasteiger partial charge >= 0.3 is 0 Å². The van der Waals surface area contributed by atoms with Crippen molar-refractivity contribution in [2.75, 3.05) is 26.4 Å². The Morgan fingerprint density at radius 3 is 2.70 bits per heavy atom. The summed E-state index contributed by atoms with van der Waals surface area (Å²) < 4.78 is 18.1. The molecule has 33 heavy (non-hydrogen) atoms. The van der Waals surface area contributed by atoms with E-state index in [1.807, 2.05) is 17.0 Å². The van der Waals surface area contributed by atoms with Gasteiger partial charge in [-0.1, -0.05) is 12.1 Å². The van der Waals surface area contributed by atoms with Crippen molar-refractivity contribution in [1.82, 2.24) is 10.2 Å². The molecule has 180 valence electrons. The number of ether oxygens (including phenoxy) is 3. The average Bonchev–Trinajstić information content (AvgIpc) is 3.37. The number of benzene rings is 1. The van der Waals surface area contributed by atoms with E-state index in [1.54, 1.807) is 0 Å². The minimum atomic E-state index is -0.370. The Kier molecular flexibility index (Phi) is 6.88. The summed E-state index contributed by atoms with van der Waals surface area (Å²) in [5.74, 6) is 1.18. The molecule has 2 amide bonds. The molecule has 3 fully saturated rings. The van der Waals surface area contributed by atoms with Gasteiger partial charge in [0.15, 0.2) is 6.61 Å². The first-order valence-electron chi connectivity index (χ1n) is 12.7. The van der Waals surface area contributed by atoms with Crippen molar-refractivity contribution in [3.63, 3.8) is 0 Å². The fourth-order valence-corrected chi connectivity index (χ4v) is 6.08. The summed E-state index contributed by atoms with van der Waals surface area (Å²) in [6, 6.07) is 5.82. The molecule has 7 heteroatoms. The van der Waals surface area contributed by atoms with Crippen LogP contribution in [-0.4, -0.2) is 67.4 Å². The Bertz CT molecular complexity index is 860. The lowest BCUT2D eigenvalue weighted by Crippen LogP contribution is -2.60. The Labute approximate surface area is 196 Å². The monoisotopic (exact) mass is 456 g/mol. The Hall–Kier alpha value is -2.12. The first kappa shape index (κ1) is 22.7. The molecule has 3 atom stereocenters. The minimum Gasteiger partial charge on any atom is -0.483 e. The second kappa shape index (κ2) is 10.0. The van der Waals surface area contributed by atoms with Gasteiger partial charge in [-0.05, 0) is 75.8 Å². The van der Waals surface area contributed by atoms with Crippen molar-refractivity contribution in [2.45, 2.75) is 88.5 Å². The molecule has 6 rings (SSSR count). The highest BCUT2D eigenvalue weighted by Gasteiger charge is 2.38. The zero-order valence-electron chi connectivity index (χ0n) is 19.6. The van der Waals surface area contributed by atoms with Crippen LogP contribution >= 0.6 is 0 Å². The number of fused-ring (bicyclic) bond motifs is 5. The number of carbonyl (C=O) groups is 2. The maximum Gasteiger partial charge on any atom is 0.260 e. The maximum atomic E-state index is 13.3. The quantitative estimate of drug-likeness (QED) is 0.740.